The number of aromatic nitrogens is 3. The molecule has 3 aromatic rings. The zero-order valence-electron chi connectivity index (χ0n) is 30.1. The Balaban J connectivity index is 1.27. The van der Waals surface area contributed by atoms with Crippen molar-refractivity contribution < 1.29 is 28.2 Å². The summed E-state index contributed by atoms with van der Waals surface area (Å²) in [5.41, 5.74) is 2.14. The highest BCUT2D eigenvalue weighted by molar-refractivity contribution is 5.97. The van der Waals surface area contributed by atoms with E-state index >= 15 is 4.39 Å². The maximum atomic E-state index is 15.8. The molecule has 1 aliphatic heterocycles. The summed E-state index contributed by atoms with van der Waals surface area (Å²) in [5, 5.41) is 13.3. The van der Waals surface area contributed by atoms with Gasteiger partial charge in [0.05, 0.1) is 11.7 Å². The lowest BCUT2D eigenvalue weighted by Crippen LogP contribution is -2.56. The van der Waals surface area contributed by atoms with Gasteiger partial charge in [0.1, 0.15) is 17.6 Å². The number of nitrogens with one attached hydrogen (secondary N) is 2. The largest absolute Gasteiger partial charge is 0.344 e. The van der Waals surface area contributed by atoms with Crippen LogP contribution in [-0.4, -0.2) is 86.9 Å². The maximum absolute atomic E-state index is 15.8. The van der Waals surface area contributed by atoms with Crippen LogP contribution < -0.4 is 10.6 Å². The van der Waals surface area contributed by atoms with E-state index in [1.807, 2.05) is 25.1 Å². The first-order chi connectivity index (χ1) is 24.6. The lowest BCUT2D eigenvalue weighted by molar-refractivity contribution is -0.138. The first-order valence-corrected chi connectivity index (χ1v) is 18.2. The summed E-state index contributed by atoms with van der Waals surface area (Å²) in [5.74, 6) is -1.98. The van der Waals surface area contributed by atoms with E-state index in [1.165, 1.54) is 6.07 Å². The molecule has 3 amide bonds. The molecule has 1 aromatic carbocycles. The number of benzene rings is 1. The van der Waals surface area contributed by atoms with E-state index in [0.717, 1.165) is 31.4 Å². The topological polar surface area (TPSA) is 151 Å². The number of Topliss-reactive ketones (excluding diaryl/α,β-unsaturated/α-hetero) is 1. The molecule has 1 saturated heterocycles. The monoisotopic (exact) mass is 703 g/mol. The summed E-state index contributed by atoms with van der Waals surface area (Å²) in [7, 11) is 0. The SMILES string of the molecule is CCC(=O)N[C@@H](C(=O)N1CCN(Cc2ccccn2)CC1)[C@@H](C)c1ccc(CC(=O)[C@@H](NC(=O)c2nonc2CC)C2CCC(C)CC2)c(F)c1. The average Bonchev–Trinajstić information content (AvgIpc) is 3.63. The van der Waals surface area contributed by atoms with Gasteiger partial charge in [-0.05, 0) is 65.6 Å². The van der Waals surface area contributed by atoms with Crippen LogP contribution in [0.5, 0.6) is 0 Å². The third kappa shape index (κ3) is 9.63. The Morgan fingerprint density at radius 2 is 1.73 bits per heavy atom. The van der Waals surface area contributed by atoms with Crippen molar-refractivity contribution in [3.8, 4) is 0 Å². The van der Waals surface area contributed by atoms with Crippen molar-refractivity contribution in [1.82, 2.24) is 35.7 Å². The number of rotatable bonds is 14. The van der Waals surface area contributed by atoms with E-state index in [4.69, 9.17) is 4.63 Å². The third-order valence-electron chi connectivity index (χ3n) is 10.4. The number of halogens is 1. The van der Waals surface area contributed by atoms with Crippen LogP contribution in [0.1, 0.15) is 98.7 Å². The first kappa shape index (κ1) is 37.7. The van der Waals surface area contributed by atoms with Crippen LogP contribution in [-0.2, 0) is 33.8 Å². The molecular formula is C38H50FN7O5. The van der Waals surface area contributed by atoms with E-state index in [-0.39, 0.29) is 47.6 Å². The first-order valence-electron chi connectivity index (χ1n) is 18.2. The third-order valence-corrected chi connectivity index (χ3v) is 10.4. The van der Waals surface area contributed by atoms with Gasteiger partial charge in [0.15, 0.2) is 11.5 Å². The van der Waals surface area contributed by atoms with Crippen LogP contribution in [0.15, 0.2) is 47.2 Å². The van der Waals surface area contributed by atoms with Crippen molar-refractivity contribution in [1.29, 1.82) is 0 Å². The van der Waals surface area contributed by atoms with Crippen LogP contribution in [0.3, 0.4) is 0 Å². The van der Waals surface area contributed by atoms with Gasteiger partial charge in [-0.1, -0.05) is 63.9 Å². The van der Waals surface area contributed by atoms with Crippen molar-refractivity contribution in [2.75, 3.05) is 26.2 Å². The molecule has 3 atom stereocenters. The number of ketones is 1. The smallest absolute Gasteiger partial charge is 0.276 e. The summed E-state index contributed by atoms with van der Waals surface area (Å²) < 4.78 is 20.6. The van der Waals surface area contributed by atoms with Gasteiger partial charge in [-0.25, -0.2) is 9.02 Å². The van der Waals surface area contributed by atoms with Crippen molar-refractivity contribution in [3.63, 3.8) is 0 Å². The molecule has 0 unspecified atom stereocenters. The summed E-state index contributed by atoms with van der Waals surface area (Å²) in [6.07, 6.45) is 5.61. The summed E-state index contributed by atoms with van der Waals surface area (Å²) in [4.78, 5) is 61.9. The Bertz CT molecular complexity index is 1650. The number of carbonyl (C=O) groups is 4. The van der Waals surface area contributed by atoms with Crippen LogP contribution in [0.2, 0.25) is 0 Å². The molecule has 0 bridgehead atoms. The number of nitrogens with zero attached hydrogens (tertiary/aromatic N) is 5. The molecule has 12 nitrogen and oxygen atoms in total. The van der Waals surface area contributed by atoms with Crippen molar-refractivity contribution in [2.45, 2.75) is 97.2 Å². The van der Waals surface area contributed by atoms with Gasteiger partial charge in [0, 0.05) is 57.7 Å². The average molecular weight is 704 g/mol. The van der Waals surface area contributed by atoms with E-state index in [0.29, 0.717) is 56.3 Å². The molecule has 0 spiro atoms. The number of piperazine rings is 1. The summed E-state index contributed by atoms with van der Waals surface area (Å²) in [6, 6.07) is 8.72. The zero-order chi connectivity index (χ0) is 36.5. The van der Waals surface area contributed by atoms with Crippen molar-refractivity contribution in [2.24, 2.45) is 11.8 Å². The van der Waals surface area contributed by atoms with E-state index < -0.39 is 29.7 Å². The Labute approximate surface area is 298 Å². The highest BCUT2D eigenvalue weighted by Gasteiger charge is 2.36. The number of pyridine rings is 1. The summed E-state index contributed by atoms with van der Waals surface area (Å²) >= 11 is 0. The zero-order valence-corrected chi connectivity index (χ0v) is 30.1. The fraction of sp³-hybridized carbons (Fsp3) is 0.553. The van der Waals surface area contributed by atoms with Crippen LogP contribution in [0.25, 0.3) is 0 Å². The van der Waals surface area contributed by atoms with Gasteiger partial charge in [0.25, 0.3) is 5.91 Å². The predicted octanol–water partition coefficient (Wildman–Crippen LogP) is 4.25. The number of hydrogen-bond acceptors (Lipinski definition) is 9. The lowest BCUT2D eigenvalue weighted by atomic mass is 9.77. The molecule has 5 rings (SSSR count). The molecule has 2 aliphatic rings. The molecule has 1 aliphatic carbocycles. The minimum atomic E-state index is -0.890. The quantitative estimate of drug-likeness (QED) is 0.251. The molecule has 2 N–H and O–H groups in total. The van der Waals surface area contributed by atoms with Crippen LogP contribution in [0.4, 0.5) is 4.39 Å². The Morgan fingerprint density at radius 1 is 0.980 bits per heavy atom. The van der Waals surface area contributed by atoms with Crippen LogP contribution >= 0.6 is 0 Å². The predicted molar refractivity (Wildman–Crippen MR) is 188 cm³/mol. The minimum absolute atomic E-state index is 0.0506. The van der Waals surface area contributed by atoms with E-state index in [2.05, 4.69) is 37.8 Å². The highest BCUT2D eigenvalue weighted by atomic mass is 19.1. The van der Waals surface area contributed by atoms with E-state index in [9.17, 15) is 19.2 Å². The fourth-order valence-electron chi connectivity index (χ4n) is 7.10. The Morgan fingerprint density at radius 3 is 2.37 bits per heavy atom. The van der Waals surface area contributed by atoms with Gasteiger partial charge < -0.3 is 15.5 Å². The van der Waals surface area contributed by atoms with Gasteiger partial charge in [-0.2, -0.15) is 0 Å². The second-order valence-electron chi connectivity index (χ2n) is 14.0. The standard InChI is InChI=1S/C38H50FN7O5/c1-5-31-36(44-51-43-31)37(49)42-35(26-12-10-24(3)11-13-26)32(47)22-28-15-14-27(21-30(28)39)25(4)34(41-33(48)6-2)38(50)46-19-17-45(18-20-46)23-29-9-7-8-16-40-29/h7-9,14-16,21,24-26,34-35H,5-6,10-13,17-20,22-23H2,1-4H3,(H,41,48)(H,42,49)/t24?,25-,26?,34+,35-/m0/s1. The number of hydrogen-bond donors (Lipinski definition) is 2. The van der Waals surface area contributed by atoms with Crippen molar-refractivity contribution in [3.05, 3.63) is 76.6 Å². The fourth-order valence-corrected chi connectivity index (χ4v) is 7.10. The second kappa shape index (κ2) is 17.6. The number of amides is 3. The summed E-state index contributed by atoms with van der Waals surface area (Å²) in [6.45, 7) is 10.5. The Kier molecular flexibility index (Phi) is 13.0. The number of aryl methyl sites for hydroxylation is 1. The van der Waals surface area contributed by atoms with Crippen LogP contribution in [0, 0.1) is 17.7 Å². The second-order valence-corrected chi connectivity index (χ2v) is 14.0. The molecule has 1 saturated carbocycles. The molecule has 0 radical (unpaired) electrons. The van der Waals surface area contributed by atoms with Gasteiger partial charge in [0.2, 0.25) is 11.8 Å². The van der Waals surface area contributed by atoms with Crippen molar-refractivity contribution >= 4 is 23.5 Å². The normalized spacial score (nSPS) is 19.9. The van der Waals surface area contributed by atoms with Gasteiger partial charge >= 0.3 is 0 Å². The molecule has 274 valence electrons. The van der Waals surface area contributed by atoms with Gasteiger partial charge in [-0.3, -0.25) is 29.1 Å². The molecule has 51 heavy (non-hydrogen) atoms. The Hall–Kier alpha value is -4.52. The minimum Gasteiger partial charge on any atom is -0.344 e. The molecule has 2 aromatic heterocycles. The lowest BCUT2D eigenvalue weighted by Gasteiger charge is -2.37. The highest BCUT2D eigenvalue weighted by Crippen LogP contribution is 2.32. The molecule has 3 heterocycles. The molecular weight excluding hydrogens is 653 g/mol. The van der Waals surface area contributed by atoms with Gasteiger partial charge in [-0.15, -0.1) is 0 Å². The number of carbonyl (C=O) groups excluding carboxylic acids is 4. The van der Waals surface area contributed by atoms with E-state index in [1.54, 1.807) is 37.1 Å². The maximum Gasteiger partial charge on any atom is 0.276 e. The molecule has 2 fully saturated rings. The molecule has 13 heteroatoms.